The van der Waals surface area contributed by atoms with Crippen molar-refractivity contribution in [1.82, 2.24) is 14.7 Å². The van der Waals surface area contributed by atoms with Gasteiger partial charge in [0.05, 0.1) is 11.4 Å². The van der Waals surface area contributed by atoms with Crippen LogP contribution in [-0.2, 0) is 4.79 Å². The van der Waals surface area contributed by atoms with Gasteiger partial charge in [0.25, 0.3) is 5.91 Å². The van der Waals surface area contributed by atoms with E-state index < -0.39 is 12.2 Å². The smallest absolute Gasteiger partial charge is 0.328 e. The fourth-order valence-corrected chi connectivity index (χ4v) is 3.72. The van der Waals surface area contributed by atoms with Gasteiger partial charge >= 0.3 is 6.03 Å². The SMILES string of the molecule is C/C=C/CN1C(=O)C2C(N=C3N(c4ccccc4N)C(C)=CN32)N(C)C1=O. The van der Waals surface area contributed by atoms with Gasteiger partial charge in [-0.1, -0.05) is 24.3 Å². The number of allylic oxidation sites excluding steroid dienone is 2. The van der Waals surface area contributed by atoms with E-state index in [0.717, 1.165) is 11.4 Å². The fraction of sp³-hybridized carbons (Fsp3) is 0.316. The van der Waals surface area contributed by atoms with Crippen LogP contribution in [0, 0.1) is 0 Å². The van der Waals surface area contributed by atoms with Gasteiger partial charge in [-0.05, 0) is 26.0 Å². The van der Waals surface area contributed by atoms with E-state index in [2.05, 4.69) is 0 Å². The molecular formula is C19H22N6O2. The summed E-state index contributed by atoms with van der Waals surface area (Å²) < 4.78 is 0. The number of hydrogen-bond donors (Lipinski definition) is 1. The number of aliphatic imine (C=N–C) groups is 1. The highest BCUT2D eigenvalue weighted by atomic mass is 16.2. The largest absolute Gasteiger partial charge is 0.397 e. The number of rotatable bonds is 3. The number of carbonyl (C=O) groups is 2. The summed E-state index contributed by atoms with van der Waals surface area (Å²) in [6.45, 7) is 4.06. The minimum Gasteiger partial charge on any atom is -0.397 e. The summed E-state index contributed by atoms with van der Waals surface area (Å²) in [7, 11) is 1.68. The lowest BCUT2D eigenvalue weighted by molar-refractivity contribution is -0.136. The maximum absolute atomic E-state index is 13.1. The lowest BCUT2D eigenvalue weighted by atomic mass is 10.1. The number of carbonyl (C=O) groups excluding carboxylic acids is 2. The van der Waals surface area contributed by atoms with E-state index in [1.807, 2.05) is 60.2 Å². The number of guanidine groups is 1. The molecule has 8 nitrogen and oxygen atoms in total. The fourth-order valence-electron chi connectivity index (χ4n) is 3.72. The van der Waals surface area contributed by atoms with Gasteiger partial charge in [-0.25, -0.2) is 9.79 Å². The van der Waals surface area contributed by atoms with Crippen molar-refractivity contribution in [1.29, 1.82) is 0 Å². The molecule has 8 heteroatoms. The van der Waals surface area contributed by atoms with Crippen LogP contribution in [0.2, 0.25) is 0 Å². The average Bonchev–Trinajstić information content (AvgIpc) is 3.15. The van der Waals surface area contributed by atoms with Crippen molar-refractivity contribution in [3.05, 3.63) is 48.3 Å². The summed E-state index contributed by atoms with van der Waals surface area (Å²) in [5.41, 5.74) is 8.49. The van der Waals surface area contributed by atoms with Crippen LogP contribution in [0.4, 0.5) is 16.2 Å². The van der Waals surface area contributed by atoms with Crippen LogP contribution in [0.3, 0.4) is 0 Å². The molecule has 3 aliphatic heterocycles. The molecule has 3 heterocycles. The molecule has 0 aromatic heterocycles. The first-order chi connectivity index (χ1) is 13.0. The van der Waals surface area contributed by atoms with Crippen LogP contribution in [0.1, 0.15) is 13.8 Å². The van der Waals surface area contributed by atoms with Crippen LogP contribution >= 0.6 is 0 Å². The van der Waals surface area contributed by atoms with E-state index in [1.54, 1.807) is 13.1 Å². The highest BCUT2D eigenvalue weighted by Crippen LogP contribution is 2.38. The Hall–Kier alpha value is -3.29. The Kier molecular flexibility index (Phi) is 3.91. The van der Waals surface area contributed by atoms with E-state index in [9.17, 15) is 9.59 Å². The second-order valence-electron chi connectivity index (χ2n) is 6.77. The van der Waals surface area contributed by atoms with Gasteiger partial charge in [0.1, 0.15) is 0 Å². The van der Waals surface area contributed by atoms with E-state index in [1.165, 1.54) is 9.80 Å². The predicted molar refractivity (Wildman–Crippen MR) is 104 cm³/mol. The predicted octanol–water partition coefficient (Wildman–Crippen LogP) is 1.79. The van der Waals surface area contributed by atoms with Crippen molar-refractivity contribution in [3.8, 4) is 0 Å². The Morgan fingerprint density at radius 1 is 1.26 bits per heavy atom. The lowest BCUT2D eigenvalue weighted by Gasteiger charge is -2.39. The zero-order chi connectivity index (χ0) is 19.3. The molecule has 1 saturated heterocycles. The van der Waals surface area contributed by atoms with Crippen molar-refractivity contribution >= 4 is 29.3 Å². The molecule has 3 aliphatic rings. The molecule has 0 radical (unpaired) electrons. The Morgan fingerprint density at radius 3 is 2.70 bits per heavy atom. The van der Waals surface area contributed by atoms with E-state index in [-0.39, 0.29) is 18.5 Å². The molecule has 2 unspecified atom stereocenters. The summed E-state index contributed by atoms with van der Waals surface area (Å²) in [5.74, 6) is 0.369. The lowest BCUT2D eigenvalue weighted by Crippen LogP contribution is -2.64. The second-order valence-corrected chi connectivity index (χ2v) is 6.77. The van der Waals surface area contributed by atoms with Crippen LogP contribution in [0.25, 0.3) is 0 Å². The molecule has 3 amide bonds. The second kappa shape index (κ2) is 6.15. The normalized spacial score (nSPS) is 24.6. The van der Waals surface area contributed by atoms with Gasteiger partial charge in [0, 0.05) is 25.5 Å². The molecule has 0 saturated carbocycles. The van der Waals surface area contributed by atoms with Crippen LogP contribution < -0.4 is 10.6 Å². The number of urea groups is 1. The molecule has 1 fully saturated rings. The number of fused-ring (bicyclic) bond motifs is 3. The van der Waals surface area contributed by atoms with Crippen molar-refractivity contribution in [2.45, 2.75) is 26.1 Å². The van der Waals surface area contributed by atoms with Gasteiger partial charge in [-0.3, -0.25) is 14.6 Å². The minimum atomic E-state index is -0.571. The zero-order valence-corrected chi connectivity index (χ0v) is 15.5. The number of nitrogens with two attached hydrogens (primary N) is 1. The minimum absolute atomic E-state index is 0.244. The molecular weight excluding hydrogens is 344 g/mol. The molecule has 1 aromatic rings. The Balaban J connectivity index is 1.73. The Morgan fingerprint density at radius 2 is 2.00 bits per heavy atom. The number of imide groups is 1. The molecule has 140 valence electrons. The molecule has 0 bridgehead atoms. The van der Waals surface area contributed by atoms with E-state index in [0.29, 0.717) is 11.6 Å². The zero-order valence-electron chi connectivity index (χ0n) is 15.5. The number of likely N-dealkylation sites (N-methyl/N-ethyl adjacent to an activating group) is 1. The summed E-state index contributed by atoms with van der Waals surface area (Å²) in [6, 6.07) is 6.61. The maximum atomic E-state index is 13.1. The van der Waals surface area contributed by atoms with Crippen LogP contribution in [-0.4, -0.2) is 58.4 Å². The number of nitrogen functional groups attached to an aromatic ring is 1. The molecule has 4 rings (SSSR count). The van der Waals surface area contributed by atoms with Crippen LogP contribution in [0.15, 0.2) is 53.3 Å². The van der Waals surface area contributed by atoms with E-state index >= 15 is 0 Å². The van der Waals surface area contributed by atoms with Crippen molar-refractivity contribution in [3.63, 3.8) is 0 Å². The van der Waals surface area contributed by atoms with Crippen molar-refractivity contribution < 1.29 is 9.59 Å². The van der Waals surface area contributed by atoms with Gasteiger partial charge in [0.15, 0.2) is 12.2 Å². The highest BCUT2D eigenvalue weighted by molar-refractivity contribution is 6.10. The first kappa shape index (κ1) is 17.1. The average molecular weight is 366 g/mol. The summed E-state index contributed by atoms with van der Waals surface area (Å²) >= 11 is 0. The monoisotopic (exact) mass is 366 g/mol. The number of amides is 3. The number of para-hydroxylation sites is 2. The number of benzene rings is 1. The number of hydrogen-bond acceptors (Lipinski definition) is 6. The third-order valence-electron chi connectivity index (χ3n) is 5.09. The number of anilines is 2. The topological polar surface area (TPSA) is 85.5 Å². The standard InChI is InChI=1S/C19H22N6O2/c1-4-5-10-23-17(26)15-16(22(3)19(23)27)21-18-24(15)11-12(2)25(18)14-9-7-6-8-13(14)20/h4-9,11,15-16H,10,20H2,1-3H3/b5-4+. The molecule has 1 aromatic carbocycles. The third kappa shape index (κ3) is 2.40. The van der Waals surface area contributed by atoms with Gasteiger partial charge in [-0.15, -0.1) is 0 Å². The molecule has 0 aliphatic carbocycles. The highest BCUT2D eigenvalue weighted by Gasteiger charge is 2.54. The maximum Gasteiger partial charge on any atom is 0.328 e. The quantitative estimate of drug-likeness (QED) is 0.651. The summed E-state index contributed by atoms with van der Waals surface area (Å²) in [6.07, 6.45) is 4.95. The summed E-state index contributed by atoms with van der Waals surface area (Å²) in [5, 5.41) is 0. The van der Waals surface area contributed by atoms with Crippen LogP contribution in [0.5, 0.6) is 0 Å². The van der Waals surface area contributed by atoms with Gasteiger partial charge < -0.3 is 15.5 Å². The van der Waals surface area contributed by atoms with Crippen molar-refractivity contribution in [2.75, 3.05) is 24.2 Å². The molecule has 2 atom stereocenters. The summed E-state index contributed by atoms with van der Waals surface area (Å²) in [4.78, 5) is 37.0. The molecule has 27 heavy (non-hydrogen) atoms. The Labute approximate surface area is 157 Å². The molecule has 2 N–H and O–H groups in total. The number of nitrogens with zero attached hydrogens (tertiary/aromatic N) is 5. The van der Waals surface area contributed by atoms with Gasteiger partial charge in [0.2, 0.25) is 5.96 Å². The Bertz CT molecular complexity index is 905. The third-order valence-corrected chi connectivity index (χ3v) is 5.09. The first-order valence-corrected chi connectivity index (χ1v) is 8.84. The first-order valence-electron chi connectivity index (χ1n) is 8.84. The van der Waals surface area contributed by atoms with Gasteiger partial charge in [-0.2, -0.15) is 0 Å². The molecule has 0 spiro atoms. The van der Waals surface area contributed by atoms with Crippen molar-refractivity contribution in [2.24, 2.45) is 4.99 Å². The van der Waals surface area contributed by atoms with E-state index in [4.69, 9.17) is 10.7 Å².